The molecule has 2 aromatic rings. The standard InChI is InChI=1S/C16H12F5NO2/c1-8-7-9(17)3-5-11(8)22-12-6-4-10(16(19,20)21)14(18)13(12)15(23)24-2/h3-7,22H,1-2H3. The summed E-state index contributed by atoms with van der Waals surface area (Å²) in [6, 6.07) is 5.05. The van der Waals surface area contributed by atoms with E-state index in [1.54, 1.807) is 6.92 Å². The van der Waals surface area contributed by atoms with Crippen molar-refractivity contribution < 1.29 is 31.5 Å². The molecule has 0 aromatic heterocycles. The predicted molar refractivity (Wildman–Crippen MR) is 77.2 cm³/mol. The second kappa shape index (κ2) is 6.46. The number of hydrogen-bond donors (Lipinski definition) is 1. The number of carbonyl (C=O) groups excluding carboxylic acids is 1. The number of esters is 1. The van der Waals surface area contributed by atoms with Crippen LogP contribution in [-0.2, 0) is 10.9 Å². The van der Waals surface area contributed by atoms with Crippen LogP contribution in [0.1, 0.15) is 21.5 Å². The summed E-state index contributed by atoms with van der Waals surface area (Å²) < 4.78 is 70.1. The van der Waals surface area contributed by atoms with Gasteiger partial charge in [-0.05, 0) is 42.8 Å². The third-order valence-electron chi connectivity index (χ3n) is 3.29. The van der Waals surface area contributed by atoms with Gasteiger partial charge in [0.1, 0.15) is 11.4 Å². The number of ether oxygens (including phenoxy) is 1. The van der Waals surface area contributed by atoms with Crippen LogP contribution in [0.2, 0.25) is 0 Å². The Balaban J connectivity index is 2.57. The number of aryl methyl sites for hydroxylation is 1. The fourth-order valence-electron chi connectivity index (χ4n) is 2.11. The maximum atomic E-state index is 14.2. The molecule has 0 saturated heterocycles. The highest BCUT2D eigenvalue weighted by Crippen LogP contribution is 2.36. The molecule has 0 aliphatic heterocycles. The molecular weight excluding hydrogens is 333 g/mol. The molecule has 0 fully saturated rings. The minimum Gasteiger partial charge on any atom is -0.465 e. The van der Waals surface area contributed by atoms with Crippen LogP contribution in [0.3, 0.4) is 0 Å². The molecule has 0 atom stereocenters. The van der Waals surface area contributed by atoms with Crippen molar-refractivity contribution in [2.24, 2.45) is 0 Å². The maximum Gasteiger partial charge on any atom is 0.419 e. The van der Waals surface area contributed by atoms with E-state index in [4.69, 9.17) is 0 Å². The summed E-state index contributed by atoms with van der Waals surface area (Å²) in [6.45, 7) is 1.55. The van der Waals surface area contributed by atoms with Crippen LogP contribution in [0.4, 0.5) is 33.3 Å². The van der Waals surface area contributed by atoms with Crippen LogP contribution in [0.15, 0.2) is 30.3 Å². The van der Waals surface area contributed by atoms with E-state index >= 15 is 0 Å². The molecular formula is C16H12F5NO2. The Hall–Kier alpha value is -2.64. The summed E-state index contributed by atoms with van der Waals surface area (Å²) in [4.78, 5) is 11.7. The molecule has 8 heteroatoms. The first-order valence-electron chi connectivity index (χ1n) is 6.66. The topological polar surface area (TPSA) is 38.3 Å². The minimum atomic E-state index is -4.96. The average Bonchev–Trinajstić information content (AvgIpc) is 2.48. The molecule has 3 nitrogen and oxygen atoms in total. The van der Waals surface area contributed by atoms with Gasteiger partial charge in [0.15, 0.2) is 5.82 Å². The van der Waals surface area contributed by atoms with Crippen LogP contribution >= 0.6 is 0 Å². The summed E-state index contributed by atoms with van der Waals surface area (Å²) >= 11 is 0. The van der Waals surface area contributed by atoms with Gasteiger partial charge in [-0.15, -0.1) is 0 Å². The summed E-state index contributed by atoms with van der Waals surface area (Å²) in [5.74, 6) is -3.51. The van der Waals surface area contributed by atoms with Crippen molar-refractivity contribution >= 4 is 17.3 Å². The summed E-state index contributed by atoms with van der Waals surface area (Å²) in [7, 11) is 0.926. The lowest BCUT2D eigenvalue weighted by Gasteiger charge is -2.16. The number of alkyl halides is 3. The van der Waals surface area contributed by atoms with Gasteiger partial charge >= 0.3 is 12.1 Å². The lowest BCUT2D eigenvalue weighted by Crippen LogP contribution is -2.15. The zero-order valence-corrected chi connectivity index (χ0v) is 12.6. The largest absolute Gasteiger partial charge is 0.465 e. The van der Waals surface area contributed by atoms with Gasteiger partial charge in [-0.25, -0.2) is 13.6 Å². The smallest absolute Gasteiger partial charge is 0.419 e. The van der Waals surface area contributed by atoms with E-state index in [1.165, 1.54) is 12.1 Å². The van der Waals surface area contributed by atoms with Crippen molar-refractivity contribution in [2.75, 3.05) is 12.4 Å². The van der Waals surface area contributed by atoms with Gasteiger partial charge in [0.25, 0.3) is 0 Å². The molecule has 0 bridgehead atoms. The lowest BCUT2D eigenvalue weighted by atomic mass is 10.1. The third kappa shape index (κ3) is 3.47. The van der Waals surface area contributed by atoms with E-state index in [0.29, 0.717) is 17.3 Å². The summed E-state index contributed by atoms with van der Waals surface area (Å²) in [5, 5.41) is 2.63. The molecule has 0 spiro atoms. The van der Waals surface area contributed by atoms with Crippen molar-refractivity contribution in [1.29, 1.82) is 0 Å². The van der Waals surface area contributed by atoms with Gasteiger partial charge < -0.3 is 10.1 Å². The van der Waals surface area contributed by atoms with E-state index in [0.717, 1.165) is 19.2 Å². The highest BCUT2D eigenvalue weighted by Gasteiger charge is 2.37. The Morgan fingerprint density at radius 1 is 1.08 bits per heavy atom. The van der Waals surface area contributed by atoms with Gasteiger partial charge in [0, 0.05) is 5.69 Å². The number of benzene rings is 2. The minimum absolute atomic E-state index is 0.220. The van der Waals surface area contributed by atoms with Crippen molar-refractivity contribution in [2.45, 2.75) is 13.1 Å². The number of methoxy groups -OCH3 is 1. The first-order valence-corrected chi connectivity index (χ1v) is 6.66. The fraction of sp³-hybridized carbons (Fsp3) is 0.188. The van der Waals surface area contributed by atoms with Crippen LogP contribution in [0, 0.1) is 18.6 Å². The van der Waals surface area contributed by atoms with Crippen molar-refractivity contribution in [1.82, 2.24) is 0 Å². The zero-order chi connectivity index (χ0) is 18.1. The molecule has 2 rings (SSSR count). The molecule has 2 aromatic carbocycles. The first-order chi connectivity index (χ1) is 11.1. The molecule has 0 aliphatic rings. The van der Waals surface area contributed by atoms with Crippen LogP contribution in [-0.4, -0.2) is 13.1 Å². The second-order valence-corrected chi connectivity index (χ2v) is 4.92. The van der Waals surface area contributed by atoms with Crippen LogP contribution in [0.25, 0.3) is 0 Å². The number of rotatable bonds is 3. The Morgan fingerprint density at radius 2 is 1.71 bits per heavy atom. The number of anilines is 2. The lowest BCUT2D eigenvalue weighted by molar-refractivity contribution is -0.140. The average molecular weight is 345 g/mol. The molecule has 1 N–H and O–H groups in total. The number of halogens is 5. The second-order valence-electron chi connectivity index (χ2n) is 4.92. The Kier molecular flexibility index (Phi) is 4.77. The zero-order valence-electron chi connectivity index (χ0n) is 12.6. The predicted octanol–water partition coefficient (Wildman–Crippen LogP) is 4.82. The highest BCUT2D eigenvalue weighted by atomic mass is 19.4. The quantitative estimate of drug-likeness (QED) is 0.640. The number of nitrogens with one attached hydrogen (secondary N) is 1. The van der Waals surface area contributed by atoms with E-state index in [9.17, 15) is 26.7 Å². The van der Waals surface area contributed by atoms with E-state index in [1.807, 2.05) is 0 Å². The molecule has 0 unspecified atom stereocenters. The van der Waals surface area contributed by atoms with Gasteiger partial charge in [-0.2, -0.15) is 13.2 Å². The monoisotopic (exact) mass is 345 g/mol. The Labute approximate surface area is 134 Å². The Bertz CT molecular complexity index is 787. The van der Waals surface area contributed by atoms with Crippen LogP contribution in [0.5, 0.6) is 0 Å². The molecule has 0 heterocycles. The normalized spacial score (nSPS) is 11.3. The third-order valence-corrected chi connectivity index (χ3v) is 3.29. The summed E-state index contributed by atoms with van der Waals surface area (Å²) in [5.41, 5.74) is -1.95. The number of carbonyl (C=O) groups is 1. The molecule has 0 amide bonds. The van der Waals surface area contributed by atoms with Crippen molar-refractivity contribution in [3.63, 3.8) is 0 Å². The Morgan fingerprint density at radius 3 is 2.25 bits per heavy atom. The summed E-state index contributed by atoms with van der Waals surface area (Å²) in [6.07, 6.45) is -4.96. The fourth-order valence-corrected chi connectivity index (χ4v) is 2.11. The van der Waals surface area contributed by atoms with E-state index < -0.39 is 34.9 Å². The van der Waals surface area contributed by atoms with Gasteiger partial charge in [-0.1, -0.05) is 0 Å². The molecule has 128 valence electrons. The van der Waals surface area contributed by atoms with E-state index in [-0.39, 0.29) is 5.69 Å². The SMILES string of the molecule is COC(=O)c1c(Nc2ccc(F)cc2C)ccc(C(F)(F)F)c1F. The molecule has 0 saturated carbocycles. The first kappa shape index (κ1) is 17.7. The highest BCUT2D eigenvalue weighted by molar-refractivity contribution is 5.97. The van der Waals surface area contributed by atoms with Crippen LogP contribution < -0.4 is 5.32 Å². The number of hydrogen-bond acceptors (Lipinski definition) is 3. The molecule has 0 aliphatic carbocycles. The molecule has 0 radical (unpaired) electrons. The van der Waals surface area contributed by atoms with Gasteiger partial charge in [0.05, 0.1) is 18.4 Å². The van der Waals surface area contributed by atoms with Crippen molar-refractivity contribution in [3.05, 3.63) is 58.7 Å². The maximum absolute atomic E-state index is 14.2. The molecule has 24 heavy (non-hydrogen) atoms. The van der Waals surface area contributed by atoms with Crippen molar-refractivity contribution in [3.8, 4) is 0 Å². The van der Waals surface area contributed by atoms with Gasteiger partial charge in [0.2, 0.25) is 0 Å². The van der Waals surface area contributed by atoms with Gasteiger partial charge in [-0.3, -0.25) is 0 Å². The van der Waals surface area contributed by atoms with E-state index in [2.05, 4.69) is 10.1 Å².